The normalized spacial score (nSPS) is 10.6. The highest BCUT2D eigenvalue weighted by Gasteiger charge is 2.10. The van der Waals surface area contributed by atoms with Crippen molar-refractivity contribution in [3.63, 3.8) is 0 Å². The number of methoxy groups -OCH3 is 1. The highest BCUT2D eigenvalue weighted by molar-refractivity contribution is 7.09. The summed E-state index contributed by atoms with van der Waals surface area (Å²) in [5.74, 6) is 7.34. The van der Waals surface area contributed by atoms with Gasteiger partial charge in [-0.2, -0.15) is 0 Å². The van der Waals surface area contributed by atoms with Crippen molar-refractivity contribution in [3.8, 4) is 0 Å². The first-order chi connectivity index (χ1) is 9.62. The van der Waals surface area contributed by atoms with Crippen LogP contribution >= 0.6 is 11.3 Å². The van der Waals surface area contributed by atoms with E-state index in [1.807, 2.05) is 24.3 Å². The van der Waals surface area contributed by atoms with Gasteiger partial charge in [-0.3, -0.25) is 0 Å². The monoisotopic (exact) mass is 294 g/mol. The lowest BCUT2D eigenvalue weighted by atomic mass is 10.4. The maximum absolute atomic E-state index is 5.43. The van der Waals surface area contributed by atoms with Crippen molar-refractivity contribution < 1.29 is 4.74 Å². The summed E-state index contributed by atoms with van der Waals surface area (Å²) < 4.78 is 5.06. The number of aryl methyl sites for hydroxylation is 1. The van der Waals surface area contributed by atoms with Crippen molar-refractivity contribution in [1.29, 1.82) is 0 Å². The largest absolute Gasteiger partial charge is 0.377 e. The molecule has 0 saturated carbocycles. The molecule has 2 aromatic rings. The second-order valence-electron chi connectivity index (χ2n) is 4.32. The molecule has 20 heavy (non-hydrogen) atoms. The summed E-state index contributed by atoms with van der Waals surface area (Å²) in [6.45, 7) is 3.01. The molecular formula is C12H18N6OS. The van der Waals surface area contributed by atoms with E-state index in [1.54, 1.807) is 24.5 Å². The van der Waals surface area contributed by atoms with E-state index in [-0.39, 0.29) is 0 Å². The number of anilines is 2. The Morgan fingerprint density at radius 1 is 1.40 bits per heavy atom. The fraction of sp³-hybridized carbons (Fsp3) is 0.417. The van der Waals surface area contributed by atoms with Crippen LogP contribution in [0.2, 0.25) is 0 Å². The summed E-state index contributed by atoms with van der Waals surface area (Å²) in [7, 11) is 3.56. The van der Waals surface area contributed by atoms with Gasteiger partial charge in [0.2, 0.25) is 0 Å². The molecule has 0 aromatic carbocycles. The predicted octanol–water partition coefficient (Wildman–Crippen LogP) is 1.31. The molecule has 0 aliphatic carbocycles. The van der Waals surface area contributed by atoms with Gasteiger partial charge in [0.25, 0.3) is 0 Å². The fourth-order valence-electron chi connectivity index (χ4n) is 1.75. The lowest BCUT2D eigenvalue weighted by Gasteiger charge is -2.18. The average molecular weight is 294 g/mol. The van der Waals surface area contributed by atoms with Crippen LogP contribution in [0.1, 0.15) is 16.5 Å². The maximum atomic E-state index is 5.43. The van der Waals surface area contributed by atoms with Crippen molar-refractivity contribution >= 4 is 23.0 Å². The fourth-order valence-corrected chi connectivity index (χ4v) is 2.35. The lowest BCUT2D eigenvalue weighted by molar-refractivity contribution is 0.178. The van der Waals surface area contributed by atoms with Crippen LogP contribution in [0.25, 0.3) is 0 Å². The van der Waals surface area contributed by atoms with Gasteiger partial charge in [-0.25, -0.2) is 20.8 Å². The highest BCUT2D eigenvalue weighted by Crippen LogP contribution is 2.18. The van der Waals surface area contributed by atoms with Crippen LogP contribution in [0.4, 0.5) is 11.6 Å². The Morgan fingerprint density at radius 2 is 2.20 bits per heavy atom. The number of hydrazine groups is 1. The van der Waals surface area contributed by atoms with Gasteiger partial charge >= 0.3 is 0 Å². The minimum absolute atomic E-state index is 0.339. The smallest absolute Gasteiger partial charge is 0.158 e. The number of hydrogen-bond acceptors (Lipinski definition) is 8. The third-order valence-corrected chi connectivity index (χ3v) is 3.46. The van der Waals surface area contributed by atoms with Crippen molar-refractivity contribution in [2.24, 2.45) is 5.84 Å². The first-order valence-electron chi connectivity index (χ1n) is 6.08. The lowest BCUT2D eigenvalue weighted by Crippen LogP contribution is -2.20. The second-order valence-corrected chi connectivity index (χ2v) is 5.38. The van der Waals surface area contributed by atoms with Crippen LogP contribution in [0.15, 0.2) is 11.4 Å². The zero-order chi connectivity index (χ0) is 14.5. The number of nitrogens with two attached hydrogens (primary N) is 1. The number of aromatic nitrogens is 3. The van der Waals surface area contributed by atoms with E-state index >= 15 is 0 Å². The van der Waals surface area contributed by atoms with Gasteiger partial charge in [-0.05, 0) is 6.92 Å². The zero-order valence-electron chi connectivity index (χ0n) is 11.8. The van der Waals surface area contributed by atoms with Gasteiger partial charge in [-0.15, -0.1) is 11.3 Å². The molecule has 0 saturated heterocycles. The Kier molecular flexibility index (Phi) is 4.83. The van der Waals surface area contributed by atoms with Gasteiger partial charge in [0.05, 0.1) is 17.2 Å². The van der Waals surface area contributed by atoms with Gasteiger partial charge < -0.3 is 15.1 Å². The van der Waals surface area contributed by atoms with E-state index in [0.29, 0.717) is 24.8 Å². The van der Waals surface area contributed by atoms with Gasteiger partial charge in [0.1, 0.15) is 18.2 Å². The first kappa shape index (κ1) is 14.6. The number of nitrogen functional groups attached to an aromatic ring is 1. The third-order valence-electron chi connectivity index (χ3n) is 2.64. The Balaban J connectivity index is 2.19. The summed E-state index contributed by atoms with van der Waals surface area (Å²) in [6, 6.07) is 1.79. The number of ether oxygens (including phenoxy) is 1. The maximum Gasteiger partial charge on any atom is 0.158 e. The molecule has 0 amide bonds. The number of hydrogen-bond donors (Lipinski definition) is 2. The molecule has 0 spiro atoms. The zero-order valence-corrected chi connectivity index (χ0v) is 12.6. The Bertz CT molecular complexity index is 573. The number of rotatable bonds is 6. The van der Waals surface area contributed by atoms with Crippen LogP contribution in [0.3, 0.4) is 0 Å². The average Bonchev–Trinajstić information content (AvgIpc) is 2.84. The van der Waals surface area contributed by atoms with E-state index in [2.05, 4.69) is 20.4 Å². The Labute approximate surface area is 121 Å². The molecule has 8 heteroatoms. The van der Waals surface area contributed by atoms with Crippen LogP contribution in [-0.2, 0) is 17.9 Å². The number of thiazole rings is 1. The highest BCUT2D eigenvalue weighted by atomic mass is 32.1. The number of nitrogens with zero attached hydrogens (tertiary/aromatic N) is 4. The van der Waals surface area contributed by atoms with Gasteiger partial charge in [0, 0.05) is 25.6 Å². The van der Waals surface area contributed by atoms with Crippen LogP contribution < -0.4 is 16.2 Å². The molecule has 2 heterocycles. The van der Waals surface area contributed by atoms with E-state index < -0.39 is 0 Å². The van der Waals surface area contributed by atoms with Crippen molar-refractivity contribution in [2.45, 2.75) is 20.1 Å². The van der Waals surface area contributed by atoms with Crippen LogP contribution in [0.5, 0.6) is 0 Å². The molecule has 0 aliphatic heterocycles. The van der Waals surface area contributed by atoms with Crippen LogP contribution in [-0.4, -0.2) is 29.1 Å². The van der Waals surface area contributed by atoms with Gasteiger partial charge in [-0.1, -0.05) is 0 Å². The molecule has 108 valence electrons. The summed E-state index contributed by atoms with van der Waals surface area (Å²) >= 11 is 1.64. The van der Waals surface area contributed by atoms with Crippen LogP contribution in [0, 0.1) is 6.92 Å². The SMILES string of the molecule is COCc1nc(NN)cc(N(C)Cc2csc(C)n2)n1. The quantitative estimate of drug-likeness (QED) is 0.613. The molecule has 0 unspecified atom stereocenters. The molecule has 2 rings (SSSR count). The molecule has 0 bridgehead atoms. The van der Waals surface area contributed by atoms with Gasteiger partial charge in [0.15, 0.2) is 5.82 Å². The molecule has 0 fully saturated rings. The summed E-state index contributed by atoms with van der Waals surface area (Å²) in [5.41, 5.74) is 3.56. The molecule has 0 aliphatic rings. The minimum Gasteiger partial charge on any atom is -0.377 e. The van der Waals surface area contributed by atoms with E-state index in [0.717, 1.165) is 16.5 Å². The molecule has 7 nitrogen and oxygen atoms in total. The van der Waals surface area contributed by atoms with Crippen molar-refractivity contribution in [2.75, 3.05) is 24.5 Å². The first-order valence-corrected chi connectivity index (χ1v) is 6.96. The third kappa shape index (κ3) is 3.62. The van der Waals surface area contributed by atoms with E-state index in [9.17, 15) is 0 Å². The molecule has 0 radical (unpaired) electrons. The molecule has 3 N–H and O–H groups in total. The molecule has 0 atom stereocenters. The summed E-state index contributed by atoms with van der Waals surface area (Å²) in [5, 5.41) is 3.10. The standard InChI is InChI=1S/C12H18N6OS/c1-8-14-9(7-20-8)5-18(2)12-4-10(17-13)15-11(16-12)6-19-3/h4,7H,5-6,13H2,1-3H3,(H,15,16,17). The minimum atomic E-state index is 0.339. The Morgan fingerprint density at radius 3 is 2.80 bits per heavy atom. The summed E-state index contributed by atoms with van der Waals surface area (Å²) in [4.78, 5) is 15.1. The Hall–Kier alpha value is -1.77. The number of nitrogens with one attached hydrogen (secondary N) is 1. The van der Waals surface area contributed by atoms with Crippen molar-refractivity contribution in [3.05, 3.63) is 28.0 Å². The van der Waals surface area contributed by atoms with E-state index in [4.69, 9.17) is 10.6 Å². The topological polar surface area (TPSA) is 89.2 Å². The molecule has 2 aromatic heterocycles. The summed E-state index contributed by atoms with van der Waals surface area (Å²) in [6.07, 6.45) is 0. The second kappa shape index (κ2) is 6.60. The predicted molar refractivity (Wildman–Crippen MR) is 79.5 cm³/mol. The van der Waals surface area contributed by atoms with E-state index in [1.165, 1.54) is 0 Å². The van der Waals surface area contributed by atoms with Crippen molar-refractivity contribution in [1.82, 2.24) is 15.0 Å². The molecular weight excluding hydrogens is 276 g/mol.